The molecule has 0 aromatic heterocycles. The van der Waals surface area contributed by atoms with Crippen molar-refractivity contribution in [2.45, 2.75) is 18.9 Å². The van der Waals surface area contributed by atoms with Crippen LogP contribution in [0.4, 0.5) is 0 Å². The second kappa shape index (κ2) is 9.29. The molecule has 0 saturated carbocycles. The predicted octanol–water partition coefficient (Wildman–Crippen LogP) is -0.281. The molecular weight excluding hydrogens is 488 g/mol. The molecule has 3 amide bonds. The summed E-state index contributed by atoms with van der Waals surface area (Å²) >= 11 is 0. The normalized spacial score (nSPS) is 16.2. The van der Waals surface area contributed by atoms with Gasteiger partial charge in [0.05, 0.1) is 11.3 Å². The summed E-state index contributed by atoms with van der Waals surface area (Å²) in [5.74, 6) is -1.06. The van der Waals surface area contributed by atoms with Crippen molar-refractivity contribution in [2.75, 3.05) is 7.05 Å². The molecule has 1 aliphatic rings. The minimum Gasteiger partial charge on any atom is -0.665 e. The van der Waals surface area contributed by atoms with Crippen LogP contribution in [0.2, 0.25) is 0 Å². The van der Waals surface area contributed by atoms with E-state index in [0.29, 0.717) is 12.0 Å². The fourth-order valence-corrected chi connectivity index (χ4v) is 2.30. The van der Waals surface area contributed by atoms with Crippen LogP contribution >= 0.6 is 0 Å². The van der Waals surface area contributed by atoms with E-state index in [0.717, 1.165) is 0 Å². The summed E-state index contributed by atoms with van der Waals surface area (Å²) in [5.41, 5.74) is 0.299. The number of nitrogens with zero attached hydrogens (tertiary/aromatic N) is 1. The van der Waals surface area contributed by atoms with Crippen molar-refractivity contribution in [3.05, 3.63) is 36.4 Å². The van der Waals surface area contributed by atoms with E-state index in [-0.39, 0.29) is 56.4 Å². The van der Waals surface area contributed by atoms with Crippen molar-refractivity contribution in [1.29, 1.82) is 0 Å². The Bertz CT molecular complexity index is 649. The molecule has 0 radical (unpaired) electrons. The van der Waals surface area contributed by atoms with Gasteiger partial charge in [-0.25, -0.2) is 0 Å². The standard InChI is InChI=1S/C15H15N2O5.H2O.W/c1-17(12-5-6-13(19)16-14(12)20)15(21)11-7-10(22-2)4-3-9(11)8-18;;/h3-4,7-8,12H,2,5-6H2,1H3,(H,16,19,20);1H2;/q-1;;. The molecular formula is C15H17N2O6W-. The second-order valence-corrected chi connectivity index (χ2v) is 4.89. The van der Waals surface area contributed by atoms with Crippen LogP contribution in [0.15, 0.2) is 18.2 Å². The number of imide groups is 1. The number of piperidine rings is 1. The van der Waals surface area contributed by atoms with Crippen molar-refractivity contribution >= 4 is 24.0 Å². The fourth-order valence-electron chi connectivity index (χ4n) is 2.30. The third kappa shape index (κ3) is 4.49. The van der Waals surface area contributed by atoms with Crippen LogP contribution in [0, 0.1) is 7.11 Å². The smallest absolute Gasteiger partial charge is 0.255 e. The minimum atomic E-state index is -0.756. The van der Waals surface area contributed by atoms with Gasteiger partial charge in [-0.3, -0.25) is 24.5 Å². The Kier molecular flexibility index (Phi) is 8.50. The summed E-state index contributed by atoms with van der Waals surface area (Å²) in [6, 6.07) is 3.59. The Hall–Kier alpha value is -2.05. The van der Waals surface area contributed by atoms with Gasteiger partial charge in [-0.05, 0) is 24.6 Å². The van der Waals surface area contributed by atoms with Gasteiger partial charge in [-0.15, -0.1) is 0 Å². The topological polar surface area (TPSA) is 124 Å². The molecule has 0 spiro atoms. The Morgan fingerprint density at radius 3 is 2.62 bits per heavy atom. The van der Waals surface area contributed by atoms with Crippen LogP contribution in [0.5, 0.6) is 5.75 Å². The molecule has 2 rings (SSSR count). The first-order valence-corrected chi connectivity index (χ1v) is 6.60. The molecule has 1 heterocycles. The molecule has 1 aromatic rings. The number of likely N-dealkylation sites (N-methyl/N-ethyl adjacent to an activating group) is 1. The van der Waals surface area contributed by atoms with Gasteiger partial charge in [0, 0.05) is 40.1 Å². The Labute approximate surface area is 153 Å². The molecule has 0 aliphatic carbocycles. The van der Waals surface area contributed by atoms with Crippen LogP contribution < -0.4 is 10.1 Å². The minimum absolute atomic E-state index is 0. The number of nitrogens with one attached hydrogen (secondary N) is 1. The number of amides is 3. The number of aldehydes is 1. The van der Waals surface area contributed by atoms with Gasteiger partial charge >= 0.3 is 0 Å². The molecule has 130 valence electrons. The van der Waals surface area contributed by atoms with Crippen molar-refractivity contribution in [1.82, 2.24) is 10.2 Å². The molecule has 1 saturated heterocycles. The molecule has 8 nitrogen and oxygen atoms in total. The third-order valence-corrected chi connectivity index (χ3v) is 3.55. The van der Waals surface area contributed by atoms with E-state index in [9.17, 15) is 19.2 Å². The van der Waals surface area contributed by atoms with Gasteiger partial charge in [0.15, 0.2) is 6.29 Å². The van der Waals surface area contributed by atoms with Gasteiger partial charge in [-0.2, -0.15) is 7.11 Å². The average molecular weight is 505 g/mol. The SMILES string of the molecule is O.[CH2-]Oc1ccc(C=O)c(C(=O)N(C)C2CCC(=O)NC2=O)c1.[W]. The number of benzene rings is 1. The Morgan fingerprint density at radius 1 is 1.42 bits per heavy atom. The van der Waals surface area contributed by atoms with Crippen molar-refractivity contribution in [3.8, 4) is 5.75 Å². The van der Waals surface area contributed by atoms with E-state index >= 15 is 0 Å². The van der Waals surface area contributed by atoms with Gasteiger partial charge in [0.1, 0.15) is 6.04 Å². The van der Waals surface area contributed by atoms with E-state index in [1.165, 1.54) is 30.1 Å². The van der Waals surface area contributed by atoms with Gasteiger partial charge in [0.2, 0.25) is 11.8 Å². The van der Waals surface area contributed by atoms with Gasteiger partial charge in [-0.1, -0.05) is 0 Å². The number of hydrogen-bond acceptors (Lipinski definition) is 5. The first-order chi connectivity index (χ1) is 10.5. The van der Waals surface area contributed by atoms with Crippen LogP contribution in [-0.4, -0.2) is 47.5 Å². The van der Waals surface area contributed by atoms with Crippen LogP contribution in [0.3, 0.4) is 0 Å². The predicted molar refractivity (Wildman–Crippen MR) is 79.7 cm³/mol. The number of carbonyl (C=O) groups is 4. The van der Waals surface area contributed by atoms with Crippen LogP contribution in [0.25, 0.3) is 0 Å². The van der Waals surface area contributed by atoms with Crippen LogP contribution in [0.1, 0.15) is 33.6 Å². The largest absolute Gasteiger partial charge is 0.665 e. The second-order valence-electron chi connectivity index (χ2n) is 4.89. The zero-order valence-electron chi connectivity index (χ0n) is 12.9. The van der Waals surface area contributed by atoms with Crippen molar-refractivity contribution in [2.24, 2.45) is 0 Å². The van der Waals surface area contributed by atoms with E-state index in [1.54, 1.807) is 0 Å². The fraction of sp³-hybridized carbons (Fsp3) is 0.267. The number of carbonyl (C=O) groups excluding carboxylic acids is 4. The zero-order valence-corrected chi connectivity index (χ0v) is 15.8. The summed E-state index contributed by atoms with van der Waals surface area (Å²) in [4.78, 5) is 47.8. The van der Waals surface area contributed by atoms with Gasteiger partial charge < -0.3 is 15.1 Å². The molecule has 1 aliphatic heterocycles. The van der Waals surface area contributed by atoms with Gasteiger partial charge in [0.25, 0.3) is 5.91 Å². The van der Waals surface area contributed by atoms with Crippen LogP contribution in [-0.2, 0) is 30.7 Å². The van der Waals surface area contributed by atoms with Crippen molar-refractivity contribution in [3.63, 3.8) is 0 Å². The molecule has 3 N–H and O–H groups in total. The maximum Gasteiger partial charge on any atom is 0.255 e. The monoisotopic (exact) mass is 505 g/mol. The number of hydrogen-bond donors (Lipinski definition) is 1. The summed E-state index contributed by atoms with van der Waals surface area (Å²) in [5, 5.41) is 2.19. The average Bonchev–Trinajstić information content (AvgIpc) is 2.53. The number of rotatable bonds is 4. The maximum absolute atomic E-state index is 12.5. The first kappa shape index (κ1) is 21.9. The maximum atomic E-state index is 12.5. The van der Waals surface area contributed by atoms with E-state index < -0.39 is 17.9 Å². The molecule has 0 bridgehead atoms. The first-order valence-electron chi connectivity index (χ1n) is 6.60. The molecule has 24 heavy (non-hydrogen) atoms. The third-order valence-electron chi connectivity index (χ3n) is 3.55. The molecule has 1 fully saturated rings. The quantitative estimate of drug-likeness (QED) is 0.343. The molecule has 9 heteroatoms. The molecule has 1 aromatic carbocycles. The number of ether oxygens (including phenoxy) is 1. The summed E-state index contributed by atoms with van der Waals surface area (Å²) in [6.07, 6.45) is 0.962. The summed E-state index contributed by atoms with van der Waals surface area (Å²) in [7, 11) is 4.71. The summed E-state index contributed by atoms with van der Waals surface area (Å²) in [6.45, 7) is 0. The summed E-state index contributed by atoms with van der Waals surface area (Å²) < 4.78 is 4.80. The van der Waals surface area contributed by atoms with E-state index in [2.05, 4.69) is 12.4 Å². The van der Waals surface area contributed by atoms with E-state index in [1.807, 2.05) is 0 Å². The zero-order chi connectivity index (χ0) is 16.3. The van der Waals surface area contributed by atoms with Crippen molar-refractivity contribution < 1.29 is 50.5 Å². The Morgan fingerprint density at radius 2 is 2.08 bits per heavy atom. The van der Waals surface area contributed by atoms with E-state index in [4.69, 9.17) is 4.74 Å². The Balaban J connectivity index is 0.00000264. The molecule has 1 unspecified atom stereocenters. The molecule has 1 atom stereocenters.